The summed E-state index contributed by atoms with van der Waals surface area (Å²) in [5.41, 5.74) is 6.79. The fourth-order valence-electron chi connectivity index (χ4n) is 2.69. The maximum atomic E-state index is 10.9. The fraction of sp³-hybridized carbons (Fsp3) is 0.235. The van der Waals surface area contributed by atoms with Crippen LogP contribution in [-0.4, -0.2) is 11.1 Å². The highest BCUT2D eigenvalue weighted by atomic mass is 16.4. The van der Waals surface area contributed by atoms with Gasteiger partial charge in [0.1, 0.15) is 0 Å². The zero-order valence-electron chi connectivity index (χ0n) is 11.7. The summed E-state index contributed by atoms with van der Waals surface area (Å²) in [6.45, 7) is 6.06. The van der Waals surface area contributed by atoms with Crippen molar-refractivity contribution in [3.8, 4) is 0 Å². The van der Waals surface area contributed by atoms with Crippen LogP contribution in [0.2, 0.25) is 0 Å². The number of aromatic carboxylic acids is 1. The molecule has 0 saturated heterocycles. The van der Waals surface area contributed by atoms with Crippen LogP contribution in [0.5, 0.6) is 0 Å². The Bertz CT molecular complexity index is 643. The van der Waals surface area contributed by atoms with Crippen molar-refractivity contribution in [1.29, 1.82) is 0 Å². The molecule has 0 fully saturated rings. The zero-order valence-corrected chi connectivity index (χ0v) is 11.7. The minimum Gasteiger partial charge on any atom is -0.478 e. The molecule has 20 heavy (non-hydrogen) atoms. The SMILES string of the molecule is Cc1cc2c(cc1C)CN(c1ccc(C(=O)O)cc1)C2. The van der Waals surface area contributed by atoms with Gasteiger partial charge in [0.25, 0.3) is 0 Å². The third-order valence-electron chi connectivity index (χ3n) is 4.02. The predicted molar refractivity (Wildman–Crippen MR) is 79.2 cm³/mol. The van der Waals surface area contributed by atoms with E-state index in [2.05, 4.69) is 30.9 Å². The Kier molecular flexibility index (Phi) is 2.97. The van der Waals surface area contributed by atoms with Gasteiger partial charge in [-0.25, -0.2) is 4.79 Å². The van der Waals surface area contributed by atoms with Gasteiger partial charge in [0.05, 0.1) is 5.56 Å². The molecule has 0 atom stereocenters. The number of carbonyl (C=O) groups is 1. The smallest absolute Gasteiger partial charge is 0.335 e. The first-order valence-corrected chi connectivity index (χ1v) is 6.72. The van der Waals surface area contributed by atoms with Gasteiger partial charge in [0, 0.05) is 18.8 Å². The third-order valence-corrected chi connectivity index (χ3v) is 4.02. The van der Waals surface area contributed by atoms with Gasteiger partial charge in [0.15, 0.2) is 0 Å². The normalized spacial score (nSPS) is 13.4. The number of fused-ring (bicyclic) bond motifs is 1. The molecule has 3 rings (SSSR count). The quantitative estimate of drug-likeness (QED) is 0.905. The molecule has 3 heteroatoms. The van der Waals surface area contributed by atoms with Crippen LogP contribution in [0.25, 0.3) is 0 Å². The van der Waals surface area contributed by atoms with Crippen LogP contribution in [0.15, 0.2) is 36.4 Å². The van der Waals surface area contributed by atoms with Crippen molar-refractivity contribution in [2.24, 2.45) is 0 Å². The summed E-state index contributed by atoms with van der Waals surface area (Å²) in [5, 5.41) is 8.93. The minimum absolute atomic E-state index is 0.331. The summed E-state index contributed by atoms with van der Waals surface area (Å²) < 4.78 is 0. The molecule has 0 saturated carbocycles. The van der Waals surface area contributed by atoms with E-state index in [4.69, 9.17) is 5.11 Å². The lowest BCUT2D eigenvalue weighted by Crippen LogP contribution is -2.14. The number of hydrogen-bond donors (Lipinski definition) is 1. The number of anilines is 1. The number of carboxylic acid groups (broad SMARTS) is 1. The Morgan fingerprint density at radius 1 is 1.00 bits per heavy atom. The monoisotopic (exact) mass is 267 g/mol. The largest absolute Gasteiger partial charge is 0.478 e. The van der Waals surface area contributed by atoms with Crippen molar-refractivity contribution in [1.82, 2.24) is 0 Å². The highest BCUT2D eigenvalue weighted by molar-refractivity contribution is 5.88. The number of hydrogen-bond acceptors (Lipinski definition) is 2. The predicted octanol–water partition coefficient (Wildman–Crippen LogP) is 3.52. The summed E-state index contributed by atoms with van der Waals surface area (Å²) in [5.74, 6) is -0.882. The first kappa shape index (κ1) is 12.7. The van der Waals surface area contributed by atoms with Crippen LogP contribution in [0, 0.1) is 13.8 Å². The zero-order chi connectivity index (χ0) is 14.3. The van der Waals surface area contributed by atoms with Gasteiger partial charge >= 0.3 is 5.97 Å². The summed E-state index contributed by atoms with van der Waals surface area (Å²) in [4.78, 5) is 13.1. The Hall–Kier alpha value is -2.29. The van der Waals surface area contributed by atoms with Crippen LogP contribution >= 0.6 is 0 Å². The summed E-state index contributed by atoms with van der Waals surface area (Å²) in [6.07, 6.45) is 0. The average molecular weight is 267 g/mol. The Labute approximate surface area is 118 Å². The second-order valence-electron chi connectivity index (χ2n) is 5.41. The van der Waals surface area contributed by atoms with Crippen molar-refractivity contribution in [3.63, 3.8) is 0 Å². The maximum absolute atomic E-state index is 10.9. The number of aryl methyl sites for hydroxylation is 2. The lowest BCUT2D eigenvalue weighted by Gasteiger charge is -2.17. The van der Waals surface area contributed by atoms with E-state index >= 15 is 0 Å². The second kappa shape index (κ2) is 4.67. The second-order valence-corrected chi connectivity index (χ2v) is 5.41. The van der Waals surface area contributed by atoms with Crippen LogP contribution in [0.4, 0.5) is 5.69 Å². The molecule has 1 heterocycles. The number of nitrogens with zero attached hydrogens (tertiary/aromatic N) is 1. The summed E-state index contributed by atoms with van der Waals surface area (Å²) in [6, 6.07) is 11.6. The first-order chi connectivity index (χ1) is 9.54. The molecule has 0 amide bonds. The van der Waals surface area contributed by atoms with Crippen molar-refractivity contribution >= 4 is 11.7 Å². The highest BCUT2D eigenvalue weighted by Crippen LogP contribution is 2.30. The molecular formula is C17H17NO2. The van der Waals surface area contributed by atoms with E-state index < -0.39 is 5.97 Å². The maximum Gasteiger partial charge on any atom is 0.335 e. The van der Waals surface area contributed by atoms with Gasteiger partial charge in [0.2, 0.25) is 0 Å². The van der Waals surface area contributed by atoms with Gasteiger partial charge in [-0.15, -0.1) is 0 Å². The molecule has 3 nitrogen and oxygen atoms in total. The minimum atomic E-state index is -0.882. The fourth-order valence-corrected chi connectivity index (χ4v) is 2.69. The first-order valence-electron chi connectivity index (χ1n) is 6.72. The Balaban J connectivity index is 1.86. The Morgan fingerprint density at radius 2 is 1.50 bits per heavy atom. The number of rotatable bonds is 2. The van der Waals surface area contributed by atoms with Gasteiger partial charge in [-0.05, 0) is 60.4 Å². The molecule has 1 N–H and O–H groups in total. The number of carboxylic acids is 1. The van der Waals surface area contributed by atoms with E-state index in [1.807, 2.05) is 12.1 Å². The van der Waals surface area contributed by atoms with E-state index in [9.17, 15) is 4.79 Å². The molecule has 1 aliphatic heterocycles. The molecular weight excluding hydrogens is 250 g/mol. The lowest BCUT2D eigenvalue weighted by molar-refractivity contribution is 0.0697. The van der Waals surface area contributed by atoms with Crippen molar-refractivity contribution < 1.29 is 9.90 Å². The number of benzene rings is 2. The lowest BCUT2D eigenvalue weighted by atomic mass is 10.0. The Morgan fingerprint density at radius 3 is 1.95 bits per heavy atom. The van der Waals surface area contributed by atoms with Crippen molar-refractivity contribution in [2.45, 2.75) is 26.9 Å². The van der Waals surface area contributed by atoms with Crippen molar-refractivity contribution in [3.05, 3.63) is 64.2 Å². The van der Waals surface area contributed by atoms with Crippen LogP contribution in [-0.2, 0) is 13.1 Å². The van der Waals surface area contributed by atoms with Gasteiger partial charge in [-0.1, -0.05) is 12.1 Å². The standard InChI is InChI=1S/C17H17NO2/c1-11-7-14-9-18(10-15(14)8-12(11)2)16-5-3-13(4-6-16)17(19)20/h3-8H,9-10H2,1-2H3,(H,19,20). The average Bonchev–Trinajstić information content (AvgIpc) is 2.82. The van der Waals surface area contributed by atoms with Crippen LogP contribution in [0.3, 0.4) is 0 Å². The molecule has 2 aromatic carbocycles. The van der Waals surface area contributed by atoms with E-state index in [1.54, 1.807) is 12.1 Å². The highest BCUT2D eigenvalue weighted by Gasteiger charge is 2.20. The van der Waals surface area contributed by atoms with Gasteiger partial charge in [-0.2, -0.15) is 0 Å². The van der Waals surface area contributed by atoms with Crippen LogP contribution < -0.4 is 4.90 Å². The molecule has 2 aromatic rings. The van der Waals surface area contributed by atoms with Crippen molar-refractivity contribution in [2.75, 3.05) is 4.90 Å². The van der Waals surface area contributed by atoms with Gasteiger partial charge < -0.3 is 10.0 Å². The van der Waals surface area contributed by atoms with E-state index in [0.717, 1.165) is 18.8 Å². The summed E-state index contributed by atoms with van der Waals surface area (Å²) >= 11 is 0. The third kappa shape index (κ3) is 2.16. The van der Waals surface area contributed by atoms with E-state index in [1.165, 1.54) is 22.3 Å². The van der Waals surface area contributed by atoms with E-state index in [-0.39, 0.29) is 0 Å². The topological polar surface area (TPSA) is 40.5 Å². The molecule has 0 radical (unpaired) electrons. The molecule has 0 aromatic heterocycles. The van der Waals surface area contributed by atoms with Crippen LogP contribution in [0.1, 0.15) is 32.6 Å². The molecule has 0 unspecified atom stereocenters. The summed E-state index contributed by atoms with van der Waals surface area (Å²) in [7, 11) is 0. The molecule has 0 bridgehead atoms. The van der Waals surface area contributed by atoms with E-state index in [0.29, 0.717) is 5.56 Å². The molecule has 0 spiro atoms. The molecule has 102 valence electrons. The molecule has 0 aliphatic carbocycles. The van der Waals surface area contributed by atoms with Gasteiger partial charge in [-0.3, -0.25) is 0 Å². The molecule has 1 aliphatic rings.